The Hall–Kier alpha value is -1.47. The van der Waals surface area contributed by atoms with Gasteiger partial charge in [-0.05, 0) is 18.1 Å². The molecule has 1 aromatic rings. The van der Waals surface area contributed by atoms with Crippen molar-refractivity contribution in [3.8, 4) is 0 Å². The summed E-state index contributed by atoms with van der Waals surface area (Å²) < 4.78 is 12.7. The van der Waals surface area contributed by atoms with E-state index in [0.29, 0.717) is 12.1 Å². The van der Waals surface area contributed by atoms with Crippen LogP contribution in [0.5, 0.6) is 0 Å². The molecule has 1 rings (SSSR count). The standard InChI is InChI=1S/C10H10FNO/c1-8(11)10-4-2-9(3-5-10)6-12-7-13/h2-5,8H,6H2,1H3. The van der Waals surface area contributed by atoms with Crippen molar-refractivity contribution in [3.63, 3.8) is 0 Å². The van der Waals surface area contributed by atoms with Gasteiger partial charge in [0.25, 0.3) is 0 Å². The number of nitrogens with zero attached hydrogens (tertiary/aromatic N) is 1. The molecule has 1 unspecified atom stereocenters. The molecular formula is C10H10FNO. The lowest BCUT2D eigenvalue weighted by molar-refractivity contribution is 0.374. The summed E-state index contributed by atoms with van der Waals surface area (Å²) in [6.45, 7) is 1.79. The minimum atomic E-state index is -0.955. The number of benzene rings is 1. The first-order chi connectivity index (χ1) is 6.24. The van der Waals surface area contributed by atoms with Gasteiger partial charge in [-0.2, -0.15) is 0 Å². The van der Waals surface area contributed by atoms with Gasteiger partial charge >= 0.3 is 0 Å². The molecule has 3 heteroatoms. The van der Waals surface area contributed by atoms with Gasteiger partial charge in [0.1, 0.15) is 6.17 Å². The zero-order valence-electron chi connectivity index (χ0n) is 7.33. The van der Waals surface area contributed by atoms with Crippen LogP contribution in [0.4, 0.5) is 4.39 Å². The molecule has 0 fully saturated rings. The van der Waals surface area contributed by atoms with E-state index in [0.717, 1.165) is 5.56 Å². The summed E-state index contributed by atoms with van der Waals surface area (Å²) in [5.41, 5.74) is 1.52. The highest BCUT2D eigenvalue weighted by Gasteiger charge is 2.01. The molecule has 0 aliphatic carbocycles. The molecule has 1 aromatic carbocycles. The van der Waals surface area contributed by atoms with Gasteiger partial charge in [-0.3, -0.25) is 0 Å². The fraction of sp³-hybridized carbons (Fsp3) is 0.300. The number of isocyanates is 1. The topological polar surface area (TPSA) is 29.4 Å². The van der Waals surface area contributed by atoms with Crippen molar-refractivity contribution in [2.75, 3.05) is 0 Å². The van der Waals surface area contributed by atoms with Crippen molar-refractivity contribution in [1.29, 1.82) is 0 Å². The summed E-state index contributed by atoms with van der Waals surface area (Å²) in [6.07, 6.45) is 0.500. The Balaban J connectivity index is 2.75. The lowest BCUT2D eigenvalue weighted by atomic mass is 10.1. The molecule has 13 heavy (non-hydrogen) atoms. The first-order valence-corrected chi connectivity index (χ1v) is 4.00. The van der Waals surface area contributed by atoms with Crippen LogP contribution in [0.3, 0.4) is 0 Å². The average molecular weight is 179 g/mol. The van der Waals surface area contributed by atoms with Crippen molar-refractivity contribution >= 4 is 6.08 Å². The second kappa shape index (κ2) is 4.53. The van der Waals surface area contributed by atoms with Gasteiger partial charge in [0.05, 0.1) is 6.54 Å². The van der Waals surface area contributed by atoms with Gasteiger partial charge in [0.2, 0.25) is 6.08 Å². The van der Waals surface area contributed by atoms with Crippen molar-refractivity contribution in [1.82, 2.24) is 0 Å². The Morgan fingerprint density at radius 3 is 2.54 bits per heavy atom. The van der Waals surface area contributed by atoms with Gasteiger partial charge in [0.15, 0.2) is 0 Å². The van der Waals surface area contributed by atoms with E-state index in [-0.39, 0.29) is 0 Å². The fourth-order valence-corrected chi connectivity index (χ4v) is 1.01. The van der Waals surface area contributed by atoms with Crippen molar-refractivity contribution in [3.05, 3.63) is 35.4 Å². The summed E-state index contributed by atoms with van der Waals surface area (Å²) in [5, 5.41) is 0. The van der Waals surface area contributed by atoms with E-state index in [9.17, 15) is 9.18 Å². The summed E-state index contributed by atoms with van der Waals surface area (Å²) in [6, 6.07) is 6.90. The molecular weight excluding hydrogens is 169 g/mol. The van der Waals surface area contributed by atoms with E-state index in [1.165, 1.54) is 13.0 Å². The van der Waals surface area contributed by atoms with E-state index in [1.54, 1.807) is 24.3 Å². The van der Waals surface area contributed by atoms with Crippen molar-refractivity contribution < 1.29 is 9.18 Å². The van der Waals surface area contributed by atoms with Crippen LogP contribution in [0.1, 0.15) is 24.2 Å². The van der Waals surface area contributed by atoms with E-state index >= 15 is 0 Å². The highest BCUT2D eigenvalue weighted by molar-refractivity contribution is 5.34. The molecule has 0 saturated carbocycles. The third-order valence-electron chi connectivity index (χ3n) is 1.77. The zero-order valence-corrected chi connectivity index (χ0v) is 7.33. The summed E-state index contributed by atoms with van der Waals surface area (Å²) in [7, 11) is 0. The fourth-order valence-electron chi connectivity index (χ4n) is 1.01. The maximum atomic E-state index is 12.7. The molecule has 0 spiro atoms. The molecule has 0 heterocycles. The molecule has 0 bridgehead atoms. The number of rotatable bonds is 3. The van der Waals surface area contributed by atoms with Crippen LogP contribution >= 0.6 is 0 Å². The minimum Gasteiger partial charge on any atom is -0.243 e. The molecule has 0 saturated heterocycles. The third kappa shape index (κ3) is 2.80. The second-order valence-corrected chi connectivity index (χ2v) is 2.77. The highest BCUT2D eigenvalue weighted by atomic mass is 19.1. The molecule has 2 nitrogen and oxygen atoms in total. The number of hydrogen-bond acceptors (Lipinski definition) is 2. The predicted octanol–water partition coefficient (Wildman–Crippen LogP) is 2.55. The highest BCUT2D eigenvalue weighted by Crippen LogP contribution is 2.16. The monoisotopic (exact) mass is 179 g/mol. The maximum absolute atomic E-state index is 12.7. The van der Waals surface area contributed by atoms with Crippen molar-refractivity contribution in [2.24, 2.45) is 4.99 Å². The maximum Gasteiger partial charge on any atom is 0.235 e. The number of alkyl halides is 1. The van der Waals surface area contributed by atoms with Gasteiger partial charge in [-0.1, -0.05) is 24.3 Å². The average Bonchev–Trinajstić information content (AvgIpc) is 2.15. The third-order valence-corrected chi connectivity index (χ3v) is 1.77. The molecule has 0 N–H and O–H groups in total. The summed E-state index contributed by atoms with van der Waals surface area (Å²) in [5.74, 6) is 0. The van der Waals surface area contributed by atoms with Crippen LogP contribution < -0.4 is 0 Å². The summed E-state index contributed by atoms with van der Waals surface area (Å²) >= 11 is 0. The second-order valence-electron chi connectivity index (χ2n) is 2.77. The SMILES string of the molecule is CC(F)c1ccc(CN=C=O)cc1. The van der Waals surface area contributed by atoms with E-state index in [2.05, 4.69) is 4.99 Å². The Kier molecular flexibility index (Phi) is 3.35. The quantitative estimate of drug-likeness (QED) is 0.518. The van der Waals surface area contributed by atoms with Crippen LogP contribution in [0, 0.1) is 0 Å². The van der Waals surface area contributed by atoms with E-state index in [4.69, 9.17) is 0 Å². The Labute approximate surface area is 76.1 Å². The van der Waals surface area contributed by atoms with Crippen LogP contribution in [0.15, 0.2) is 29.3 Å². The van der Waals surface area contributed by atoms with Crippen LogP contribution in [0.2, 0.25) is 0 Å². The number of carbonyl (C=O) groups excluding carboxylic acids is 1. The zero-order chi connectivity index (χ0) is 9.68. The molecule has 0 aliphatic rings. The van der Waals surface area contributed by atoms with Crippen LogP contribution in [-0.4, -0.2) is 6.08 Å². The first-order valence-electron chi connectivity index (χ1n) is 4.00. The summed E-state index contributed by atoms with van der Waals surface area (Å²) in [4.78, 5) is 13.2. The Bertz CT molecular complexity index is 312. The molecule has 0 aliphatic heterocycles. The largest absolute Gasteiger partial charge is 0.243 e. The van der Waals surface area contributed by atoms with Gasteiger partial charge in [-0.25, -0.2) is 14.2 Å². The van der Waals surface area contributed by atoms with Gasteiger partial charge in [-0.15, -0.1) is 0 Å². The molecule has 0 aromatic heterocycles. The molecule has 1 atom stereocenters. The number of hydrogen-bond donors (Lipinski definition) is 0. The van der Waals surface area contributed by atoms with Gasteiger partial charge < -0.3 is 0 Å². The number of halogens is 1. The molecule has 68 valence electrons. The Morgan fingerprint density at radius 2 is 2.08 bits per heavy atom. The lowest BCUT2D eigenvalue weighted by Crippen LogP contribution is -1.86. The van der Waals surface area contributed by atoms with Crippen molar-refractivity contribution in [2.45, 2.75) is 19.6 Å². The molecule has 0 amide bonds. The normalized spacial score (nSPS) is 11.8. The predicted molar refractivity (Wildman–Crippen MR) is 47.8 cm³/mol. The number of aliphatic imine (C=N–C) groups is 1. The molecule has 0 radical (unpaired) electrons. The first kappa shape index (κ1) is 9.62. The minimum absolute atomic E-state index is 0.310. The van der Waals surface area contributed by atoms with E-state index < -0.39 is 6.17 Å². The van der Waals surface area contributed by atoms with E-state index in [1.807, 2.05) is 0 Å². The smallest absolute Gasteiger partial charge is 0.235 e. The lowest BCUT2D eigenvalue weighted by Gasteiger charge is -2.01. The Morgan fingerprint density at radius 1 is 1.46 bits per heavy atom. The van der Waals surface area contributed by atoms with Gasteiger partial charge in [0, 0.05) is 0 Å². The van der Waals surface area contributed by atoms with Crippen LogP contribution in [0.25, 0.3) is 0 Å². The van der Waals surface area contributed by atoms with Crippen LogP contribution in [-0.2, 0) is 11.3 Å².